The molecule has 0 unspecified atom stereocenters. The number of nitrogens with one attached hydrogen (secondary N) is 1. The lowest BCUT2D eigenvalue weighted by Crippen LogP contribution is -2.19. The Balaban J connectivity index is 3.26. The van der Waals surface area contributed by atoms with Crippen LogP contribution in [0, 0.1) is 22.8 Å². The minimum Gasteiger partial charge on any atom is -0.273 e. The van der Waals surface area contributed by atoms with Gasteiger partial charge in [0.1, 0.15) is 0 Å². The molecule has 4 nitrogen and oxygen atoms in total. The summed E-state index contributed by atoms with van der Waals surface area (Å²) in [7, 11) is 0. The number of carbonyl (C=O) groups is 1. The van der Waals surface area contributed by atoms with Gasteiger partial charge in [-0.25, -0.2) is 0 Å². The van der Waals surface area contributed by atoms with Crippen molar-refractivity contribution in [1.29, 1.82) is 10.5 Å². The minimum atomic E-state index is -0.359. The van der Waals surface area contributed by atoms with Gasteiger partial charge < -0.3 is 0 Å². The topological polar surface area (TPSA) is 76.7 Å². The van der Waals surface area contributed by atoms with Crippen LogP contribution < -0.4 is 5.32 Å². The van der Waals surface area contributed by atoms with Crippen molar-refractivity contribution in [2.45, 2.75) is 0 Å². The fraction of sp³-hybridized carbons (Fsp3) is 0.400. The summed E-state index contributed by atoms with van der Waals surface area (Å²) in [6, 6.07) is 1.87. The fourth-order valence-corrected chi connectivity index (χ4v) is 0.739. The summed E-state index contributed by atoms with van der Waals surface area (Å²) in [6.07, 6.45) is 1.50. The summed E-state index contributed by atoms with van der Waals surface area (Å²) in [5.41, 5.74) is 0. The maximum absolute atomic E-state index is 10.5. The molecule has 0 saturated heterocycles. The van der Waals surface area contributed by atoms with E-state index < -0.39 is 0 Å². The zero-order valence-corrected chi connectivity index (χ0v) is 5.94. The van der Waals surface area contributed by atoms with Crippen LogP contribution in [-0.2, 0) is 4.79 Å². The summed E-state index contributed by atoms with van der Waals surface area (Å²) in [4.78, 5) is 10.5. The van der Waals surface area contributed by atoms with E-state index in [-0.39, 0.29) is 17.4 Å². The van der Waals surface area contributed by atoms with Gasteiger partial charge in [-0.3, -0.25) is 10.1 Å². The van der Waals surface area contributed by atoms with Gasteiger partial charge in [0.25, 0.3) is 0 Å². The Morgan fingerprint density at radius 3 is 2.80 bits per heavy atom. The highest BCUT2D eigenvalue weighted by atomic mass is 32.2. The Morgan fingerprint density at radius 2 is 2.30 bits per heavy atom. The highest BCUT2D eigenvalue weighted by Gasteiger charge is 1.97. The van der Waals surface area contributed by atoms with Crippen LogP contribution in [0.1, 0.15) is 0 Å². The summed E-state index contributed by atoms with van der Waals surface area (Å²) in [5.74, 6) is 0.0858. The monoisotopic (exact) mass is 155 g/mol. The maximum Gasteiger partial charge on any atom is 0.242 e. The molecule has 0 aliphatic rings. The second kappa shape index (κ2) is 5.93. The van der Waals surface area contributed by atoms with Gasteiger partial charge in [0.05, 0.1) is 17.6 Å². The zero-order valence-electron chi connectivity index (χ0n) is 5.13. The van der Waals surface area contributed by atoms with Gasteiger partial charge in [0.2, 0.25) is 5.91 Å². The van der Waals surface area contributed by atoms with E-state index in [1.807, 2.05) is 11.4 Å². The highest BCUT2D eigenvalue weighted by Crippen LogP contribution is 1.95. The Kier molecular flexibility index (Phi) is 5.22. The van der Waals surface area contributed by atoms with Crippen molar-refractivity contribution >= 4 is 17.7 Å². The first-order valence-corrected chi connectivity index (χ1v) is 3.59. The van der Waals surface area contributed by atoms with E-state index in [1.54, 1.807) is 0 Å². The van der Waals surface area contributed by atoms with Crippen LogP contribution in [-0.4, -0.2) is 17.4 Å². The van der Waals surface area contributed by atoms with Gasteiger partial charge in [0.15, 0.2) is 6.19 Å². The van der Waals surface area contributed by atoms with Crippen molar-refractivity contribution in [3.63, 3.8) is 0 Å². The third kappa shape index (κ3) is 4.95. The molecule has 0 aromatic carbocycles. The molecule has 1 N–H and O–H groups in total. The molecular weight excluding hydrogens is 150 g/mol. The second-order valence-electron chi connectivity index (χ2n) is 1.31. The van der Waals surface area contributed by atoms with Gasteiger partial charge in [-0.05, 0) is 0 Å². The number of thioether (sulfide) groups is 1. The number of nitriles is 2. The van der Waals surface area contributed by atoms with E-state index in [1.165, 1.54) is 18.0 Å². The Morgan fingerprint density at radius 1 is 1.60 bits per heavy atom. The molecule has 0 aromatic rings. The smallest absolute Gasteiger partial charge is 0.242 e. The van der Waals surface area contributed by atoms with Gasteiger partial charge in [0, 0.05) is 0 Å². The van der Waals surface area contributed by atoms with Crippen LogP contribution in [0.4, 0.5) is 0 Å². The van der Waals surface area contributed by atoms with Gasteiger partial charge in [-0.15, -0.1) is 11.8 Å². The van der Waals surface area contributed by atoms with Crippen LogP contribution in [0.3, 0.4) is 0 Å². The number of carbonyl (C=O) groups excluding carboxylic acids is 1. The van der Waals surface area contributed by atoms with E-state index >= 15 is 0 Å². The number of hydrogen-bond acceptors (Lipinski definition) is 4. The lowest BCUT2D eigenvalue weighted by atomic mass is 10.7. The highest BCUT2D eigenvalue weighted by molar-refractivity contribution is 8.00. The predicted octanol–water partition coefficient (Wildman–Crippen LogP) is -0.160. The van der Waals surface area contributed by atoms with Crippen molar-refractivity contribution < 1.29 is 4.79 Å². The molecule has 0 aliphatic carbocycles. The van der Waals surface area contributed by atoms with Gasteiger partial charge >= 0.3 is 0 Å². The van der Waals surface area contributed by atoms with Gasteiger partial charge in [-0.2, -0.15) is 10.5 Å². The van der Waals surface area contributed by atoms with Crippen LogP contribution in [0.15, 0.2) is 0 Å². The number of amides is 1. The Labute approximate surface area is 62.8 Å². The van der Waals surface area contributed by atoms with E-state index in [9.17, 15) is 4.79 Å². The molecule has 0 saturated carbocycles. The molecule has 0 heterocycles. The normalized spacial score (nSPS) is 7.40. The largest absolute Gasteiger partial charge is 0.273 e. The van der Waals surface area contributed by atoms with E-state index in [0.717, 1.165) is 0 Å². The van der Waals surface area contributed by atoms with E-state index in [2.05, 4.69) is 0 Å². The molecule has 0 spiro atoms. The molecule has 0 aliphatic heterocycles. The molecule has 0 rings (SSSR count). The third-order valence-corrected chi connectivity index (χ3v) is 1.39. The average molecular weight is 155 g/mol. The lowest BCUT2D eigenvalue weighted by molar-refractivity contribution is -0.117. The molecule has 0 aromatic heterocycles. The molecule has 0 radical (unpaired) electrons. The molecule has 52 valence electrons. The van der Waals surface area contributed by atoms with Crippen LogP contribution >= 0.6 is 11.8 Å². The molecule has 10 heavy (non-hydrogen) atoms. The standard InChI is InChI=1S/C5H5N3OS/c6-1-2-10-3-5(9)8-4-7/h2-3H2,(H,8,9). The number of hydrogen-bond donors (Lipinski definition) is 1. The van der Waals surface area contributed by atoms with Gasteiger partial charge in [-0.1, -0.05) is 0 Å². The SMILES string of the molecule is N#CCSCC(=O)NC#N. The summed E-state index contributed by atoms with van der Waals surface area (Å²) >= 11 is 1.18. The summed E-state index contributed by atoms with van der Waals surface area (Å²) in [5, 5.41) is 17.9. The second-order valence-corrected chi connectivity index (χ2v) is 2.30. The average Bonchev–Trinajstić information content (AvgIpc) is 1.89. The number of rotatable bonds is 3. The van der Waals surface area contributed by atoms with Crippen molar-refractivity contribution in [2.75, 3.05) is 11.5 Å². The quantitative estimate of drug-likeness (QED) is 0.349. The maximum atomic E-state index is 10.5. The minimum absolute atomic E-state index is 0.168. The predicted molar refractivity (Wildman–Crippen MR) is 36.7 cm³/mol. The molecule has 0 atom stereocenters. The van der Waals surface area contributed by atoms with Crippen molar-refractivity contribution in [3.05, 3.63) is 0 Å². The Bertz CT molecular complexity index is 190. The first-order valence-electron chi connectivity index (χ1n) is 2.44. The fourth-order valence-electron chi connectivity index (χ4n) is 0.288. The van der Waals surface area contributed by atoms with Crippen molar-refractivity contribution in [1.82, 2.24) is 5.32 Å². The van der Waals surface area contributed by atoms with Crippen molar-refractivity contribution in [3.8, 4) is 12.3 Å². The van der Waals surface area contributed by atoms with Crippen LogP contribution in [0.2, 0.25) is 0 Å². The van der Waals surface area contributed by atoms with Crippen LogP contribution in [0.5, 0.6) is 0 Å². The van der Waals surface area contributed by atoms with Crippen molar-refractivity contribution in [2.24, 2.45) is 0 Å². The first-order chi connectivity index (χ1) is 4.81. The summed E-state index contributed by atoms with van der Waals surface area (Å²) in [6.45, 7) is 0. The lowest BCUT2D eigenvalue weighted by Gasteiger charge is -1.91. The molecule has 0 bridgehead atoms. The van der Waals surface area contributed by atoms with Crippen LogP contribution in [0.25, 0.3) is 0 Å². The van der Waals surface area contributed by atoms with E-state index in [4.69, 9.17) is 10.5 Å². The number of nitrogens with zero attached hydrogens (tertiary/aromatic N) is 2. The first kappa shape index (κ1) is 8.80. The molecule has 0 fully saturated rings. The molecule has 1 amide bonds. The zero-order chi connectivity index (χ0) is 7.82. The Hall–Kier alpha value is -1.20. The van der Waals surface area contributed by atoms with E-state index in [0.29, 0.717) is 0 Å². The molecule has 5 heteroatoms. The summed E-state index contributed by atoms with van der Waals surface area (Å²) < 4.78 is 0. The third-order valence-electron chi connectivity index (χ3n) is 0.595. The molecular formula is C5H5N3OS.